The number of anilines is 1. The van der Waals surface area contributed by atoms with Gasteiger partial charge < -0.3 is 30.8 Å². The third-order valence-corrected chi connectivity index (χ3v) is 26.2. The number of nitrogens with zero attached hydrogens (tertiary/aromatic N) is 1. The number of carboxylic acid groups (broad SMARTS) is 2. The summed E-state index contributed by atoms with van der Waals surface area (Å²) in [6, 6.07) is 56.0. The molecule has 17 nitrogen and oxygen atoms in total. The second-order valence-corrected chi connectivity index (χ2v) is 36.4. The Hall–Kier alpha value is -8.38. The van der Waals surface area contributed by atoms with Gasteiger partial charge in [0.15, 0.2) is 17.3 Å². The van der Waals surface area contributed by atoms with Gasteiger partial charge in [-0.25, -0.2) is 14.0 Å². The van der Waals surface area contributed by atoms with Crippen LogP contribution < -0.4 is 34.9 Å². The third kappa shape index (κ3) is 26.1. The van der Waals surface area contributed by atoms with Crippen molar-refractivity contribution in [3.05, 3.63) is 269 Å². The van der Waals surface area contributed by atoms with E-state index in [0.717, 1.165) is 116 Å². The Bertz CT molecular complexity index is 5850. The third-order valence-electron chi connectivity index (χ3n) is 19.5. The number of halogens is 4. The van der Waals surface area contributed by atoms with Gasteiger partial charge in [-0.2, -0.15) is 0 Å². The van der Waals surface area contributed by atoms with E-state index in [2.05, 4.69) is 79.9 Å². The number of aromatic carboxylic acids is 1. The number of amides is 1. The number of thioether (sulfide) groups is 1. The summed E-state index contributed by atoms with van der Waals surface area (Å²) in [4.78, 5) is 106. The Morgan fingerprint density at radius 3 is 1.47 bits per heavy atom. The van der Waals surface area contributed by atoms with Crippen LogP contribution in [0.1, 0.15) is 141 Å². The number of carbonyl (C=O) groups excluding carboxylic acids is 7. The first-order valence-corrected chi connectivity index (χ1v) is 46.3. The van der Waals surface area contributed by atoms with Crippen LogP contribution in [-0.2, 0) is 105 Å². The summed E-state index contributed by atoms with van der Waals surface area (Å²) in [5.41, 5.74) is 13.8. The minimum Gasteiger partial charge on any atom is -0.870 e. The Morgan fingerprint density at radius 2 is 0.983 bits per heavy atom. The van der Waals surface area contributed by atoms with Crippen molar-refractivity contribution in [3.8, 4) is 5.75 Å². The molecule has 2 aliphatic heterocycles. The fourth-order valence-electron chi connectivity index (χ4n) is 14.2. The number of alkyl halides is 1. The average molecular weight is 1830 g/mol. The Labute approximate surface area is 761 Å². The minimum absolute atomic E-state index is 0. The zero-order chi connectivity index (χ0) is 83.2. The molecule has 0 spiro atoms. The molecule has 8 heterocycles. The summed E-state index contributed by atoms with van der Waals surface area (Å²) in [5.74, 6) is -1.79. The standard InChI is InChI=1S/C23H19NO3S.C13H14O3S.C12H11NO2.C11H9ClOS.C11H10OS.C10H7ClOS.C10H8O2S.CH4.Cl2OS.Na.H2O/c25-22-18(11-14-12-28-19-8-4-3-6-15(14)19)24-21-16-7-2-1-5-13(16)9-10-17(21)20(22)23(26)27;1-9(14)16-7-11(15)6-10-8-17-13-5-3-2-4-12(10)13;14-11-9-6-5-7-3-1-2-4-8(7)10(9)13-12(11)15;12-6-9(13)5-8-7-14-11-4-2-1-3-10(8)11;1-8(12)6-9-7-13-11-5-3-2-4-10(9)11;2*11-10(12)5-7-6-13-9-4-2-1-3-8(7)9;;1-4(2)3;;/h3-4,6,8-10,12,25H,1-2,5,7,11H2,(H,26,27);2-5,10H,6-8H2,1H3;5-6H,1-4H2,(H,13,14,15);1-4,7H,5-6H2;2-5,7H,6H2,1H3;1-4,6H,5H2;1-4,6H,5H2,(H,11,12);1H4;;;1H2/q;;;;;;;;;+1;/p-1. The van der Waals surface area contributed by atoms with Crippen molar-refractivity contribution in [2.24, 2.45) is 0 Å². The van der Waals surface area contributed by atoms with Crippen LogP contribution in [0.5, 0.6) is 5.75 Å². The van der Waals surface area contributed by atoms with E-state index in [4.69, 9.17) is 42.2 Å². The number of benzene rings is 8. The number of ketones is 4. The largest absolute Gasteiger partial charge is 1.00 e. The van der Waals surface area contributed by atoms with E-state index in [1.165, 1.54) is 70.1 Å². The number of aromatic hydroxyl groups is 1. The summed E-state index contributed by atoms with van der Waals surface area (Å²) >= 11 is 20.9. The SMILES string of the molecule is C.CC(=O)Cc1csc2ccccc12.CC(=O)OCC(=O)CC1CSc2ccccc21.O=C(CCl)Cc1csc2ccccc12.O=C(Cl)Cc1csc2ccccc12.O=C(O)Cc1csc2ccccc12.O=C(O)c1c(O)c(Cc2csc3ccccc23)nc2c3c(ccc12)CCCC3.O=C1Nc2c(ccc3c2CCCC3)C1=O.O=S(Cl)Cl.[Na+].[OH-]. The zero-order valence-electron chi connectivity index (χ0n) is 64.7. The van der Waals surface area contributed by atoms with Crippen LogP contribution in [0, 0.1) is 0 Å². The number of Topliss-reactive ketones (excluding diaryl/α,β-unsaturated/α-hetero) is 4. The molecule has 0 saturated carbocycles. The van der Waals surface area contributed by atoms with Crippen molar-refractivity contribution in [1.29, 1.82) is 0 Å². The zero-order valence-corrected chi connectivity index (χ0v) is 75.5. The number of hydrogen-bond acceptors (Lipinski definition) is 20. The monoisotopic (exact) mass is 1830 g/mol. The molecular weight excluding hydrogens is 1750 g/mol. The minimum atomic E-state index is -1.67. The van der Waals surface area contributed by atoms with Gasteiger partial charge in [0, 0.05) is 106 Å². The molecule has 5 N–H and O–H groups in total. The second kappa shape index (κ2) is 47.3. The maximum atomic E-state index is 12.0. The van der Waals surface area contributed by atoms with E-state index in [-0.39, 0.29) is 101 Å². The van der Waals surface area contributed by atoms with E-state index >= 15 is 0 Å². The molecule has 6 aromatic heterocycles. The normalized spacial score (nSPS) is 12.9. The van der Waals surface area contributed by atoms with E-state index in [1.54, 1.807) is 87.5 Å². The van der Waals surface area contributed by atoms with Gasteiger partial charge in [0.2, 0.25) is 14.5 Å². The first kappa shape index (κ1) is 97.1. The van der Waals surface area contributed by atoms with Gasteiger partial charge in [0.05, 0.1) is 34.8 Å². The number of rotatable bonds is 16. The molecule has 18 rings (SSSR count). The van der Waals surface area contributed by atoms with Crippen molar-refractivity contribution in [2.45, 2.75) is 122 Å². The number of aryl methyl sites for hydroxylation is 3. The van der Waals surface area contributed by atoms with Crippen LogP contribution >= 0.6 is 113 Å². The molecule has 1 unspecified atom stereocenters. The fourth-order valence-corrected chi connectivity index (χ4v) is 20.5. The van der Waals surface area contributed by atoms with Crippen LogP contribution in [0.2, 0.25) is 0 Å². The molecule has 2 aliphatic carbocycles. The summed E-state index contributed by atoms with van der Waals surface area (Å²) in [6.07, 6.45) is 10.9. The first-order valence-electron chi connectivity index (χ1n) is 37.2. The predicted molar refractivity (Wildman–Crippen MR) is 489 cm³/mol. The number of ether oxygens (including phenoxy) is 1. The quantitative estimate of drug-likeness (QED) is 0.0230. The second-order valence-electron chi connectivity index (χ2n) is 27.6. The van der Waals surface area contributed by atoms with Gasteiger partial charge in [0.25, 0.3) is 11.7 Å². The molecule has 0 bridgehead atoms. The fraction of sp³-hybridized carbons (Fsp3) is 0.231. The molecule has 1 atom stereocenters. The molecule has 618 valence electrons. The number of aromatic nitrogens is 1. The number of thiophene rings is 5. The van der Waals surface area contributed by atoms with Crippen LogP contribution in [0.15, 0.2) is 202 Å². The molecule has 1 amide bonds. The molecule has 8 aromatic carbocycles. The summed E-state index contributed by atoms with van der Waals surface area (Å²) in [5, 5.41) is 48.0. The van der Waals surface area contributed by atoms with Crippen molar-refractivity contribution < 1.29 is 102 Å². The number of esters is 1. The smallest absolute Gasteiger partial charge is 0.870 e. The number of aliphatic carboxylic acids is 1. The van der Waals surface area contributed by atoms with Gasteiger partial charge in [-0.1, -0.05) is 135 Å². The molecular formula is C91H83Cl4N2NaO15S7. The van der Waals surface area contributed by atoms with Crippen molar-refractivity contribution >= 4 is 241 Å². The average Bonchev–Trinajstić information content (AvgIpc) is 0.801. The maximum Gasteiger partial charge on any atom is 1.00 e. The van der Waals surface area contributed by atoms with E-state index < -0.39 is 38.8 Å². The number of nitrogens with one attached hydrogen (secondary N) is 1. The van der Waals surface area contributed by atoms with Gasteiger partial charge >= 0.3 is 47.5 Å². The van der Waals surface area contributed by atoms with E-state index in [9.17, 15) is 53.4 Å². The predicted octanol–water partition coefficient (Wildman–Crippen LogP) is 19.9. The number of carboxylic acids is 2. The molecule has 29 heteroatoms. The summed E-state index contributed by atoms with van der Waals surface area (Å²) in [6.45, 7) is 2.85. The Balaban J connectivity index is 0.000000176. The Morgan fingerprint density at radius 1 is 0.550 bits per heavy atom. The molecule has 120 heavy (non-hydrogen) atoms. The molecule has 0 fully saturated rings. The number of hydrogen-bond donors (Lipinski definition) is 4. The van der Waals surface area contributed by atoms with Crippen LogP contribution in [-0.4, -0.2) is 100 Å². The van der Waals surface area contributed by atoms with Crippen molar-refractivity contribution in [1.82, 2.24) is 4.98 Å². The van der Waals surface area contributed by atoms with Gasteiger partial charge in [-0.15, -0.1) is 80.0 Å². The van der Waals surface area contributed by atoms with Crippen LogP contribution in [0.4, 0.5) is 5.69 Å². The van der Waals surface area contributed by atoms with Crippen molar-refractivity contribution in [2.75, 3.05) is 23.6 Å². The number of carbonyl (C=O) groups is 9. The molecule has 0 radical (unpaired) electrons. The van der Waals surface area contributed by atoms with E-state index in [1.807, 2.05) is 131 Å². The van der Waals surface area contributed by atoms with Crippen LogP contribution in [0.25, 0.3) is 61.3 Å². The first-order chi connectivity index (χ1) is 56.4. The molecule has 4 aliphatic rings. The molecule has 0 saturated heterocycles. The Kier molecular flexibility index (Phi) is 38.3. The van der Waals surface area contributed by atoms with Crippen molar-refractivity contribution in [3.63, 3.8) is 0 Å². The summed E-state index contributed by atoms with van der Waals surface area (Å²) in [7, 11) is 7.36. The number of pyridine rings is 1. The maximum absolute atomic E-state index is 12.0. The number of fused-ring (bicyclic) bond motifs is 12. The van der Waals surface area contributed by atoms with Gasteiger partial charge in [-0.3, -0.25) is 38.4 Å². The molecule has 14 aromatic rings. The summed E-state index contributed by atoms with van der Waals surface area (Å²) < 4.78 is 19.8. The van der Waals surface area contributed by atoms with Gasteiger partial charge in [-0.05, 0) is 222 Å². The van der Waals surface area contributed by atoms with Gasteiger partial charge in [0.1, 0.15) is 18.0 Å². The topological polar surface area (TPSA) is 296 Å². The van der Waals surface area contributed by atoms with Crippen LogP contribution in [0.3, 0.4) is 0 Å². The van der Waals surface area contributed by atoms with E-state index in [0.29, 0.717) is 48.7 Å².